The summed E-state index contributed by atoms with van der Waals surface area (Å²) in [7, 11) is 1.69. The highest BCUT2D eigenvalue weighted by atomic mass is 32.2. The number of methoxy groups -OCH3 is 1. The lowest BCUT2D eigenvalue weighted by molar-refractivity contribution is -0.128. The molecule has 0 radical (unpaired) electrons. The van der Waals surface area contributed by atoms with Gasteiger partial charge in [0, 0.05) is 26.2 Å². The minimum absolute atomic E-state index is 0.189. The molecule has 1 aliphatic heterocycles. The average Bonchev–Trinajstić information content (AvgIpc) is 3.45. The Hall–Kier alpha value is -2.29. The van der Waals surface area contributed by atoms with Gasteiger partial charge in [0.05, 0.1) is 30.3 Å². The highest BCUT2D eigenvalue weighted by molar-refractivity contribution is 7.99. The van der Waals surface area contributed by atoms with Crippen molar-refractivity contribution in [1.82, 2.24) is 25.1 Å². The van der Waals surface area contributed by atoms with Gasteiger partial charge in [0.25, 0.3) is 0 Å². The van der Waals surface area contributed by atoms with Crippen LogP contribution < -0.4 is 9.64 Å². The van der Waals surface area contributed by atoms with E-state index in [0.29, 0.717) is 17.5 Å². The molecular formula is C20H28N6O2S. The summed E-state index contributed by atoms with van der Waals surface area (Å²) in [6.45, 7) is 3.10. The number of amides is 1. The second kappa shape index (κ2) is 9.47. The van der Waals surface area contributed by atoms with Gasteiger partial charge in [-0.1, -0.05) is 25.0 Å². The molecule has 1 aromatic carbocycles. The first-order valence-corrected chi connectivity index (χ1v) is 11.4. The molecular weight excluding hydrogens is 388 g/mol. The van der Waals surface area contributed by atoms with Crippen molar-refractivity contribution in [1.29, 1.82) is 0 Å². The summed E-state index contributed by atoms with van der Waals surface area (Å²) in [4.78, 5) is 16.9. The second-order valence-corrected chi connectivity index (χ2v) is 8.50. The van der Waals surface area contributed by atoms with Gasteiger partial charge in [0.1, 0.15) is 5.75 Å². The first-order valence-electron chi connectivity index (χ1n) is 10.3. The summed E-state index contributed by atoms with van der Waals surface area (Å²) in [5, 5.41) is 12.2. The van der Waals surface area contributed by atoms with Crippen molar-refractivity contribution >= 4 is 23.4 Å². The summed E-state index contributed by atoms with van der Waals surface area (Å²) in [5.41, 5.74) is 1.09. The minimum atomic E-state index is 0.189. The number of aromatic nitrogens is 4. The maximum atomic E-state index is 12.6. The third kappa shape index (κ3) is 4.66. The molecule has 1 saturated heterocycles. The van der Waals surface area contributed by atoms with Gasteiger partial charge in [-0.3, -0.25) is 4.79 Å². The number of benzene rings is 1. The number of thioether (sulfide) groups is 1. The molecule has 1 aromatic heterocycles. The fraction of sp³-hybridized carbons (Fsp3) is 0.600. The number of hydrogen-bond donors (Lipinski definition) is 0. The number of ether oxygens (including phenoxy) is 1. The van der Waals surface area contributed by atoms with Crippen molar-refractivity contribution in [3.8, 4) is 5.75 Å². The van der Waals surface area contributed by atoms with Crippen LogP contribution in [0, 0.1) is 0 Å². The fourth-order valence-electron chi connectivity index (χ4n) is 4.15. The number of rotatable bonds is 7. The first-order chi connectivity index (χ1) is 14.3. The van der Waals surface area contributed by atoms with Gasteiger partial charge in [-0.15, -0.1) is 16.9 Å². The third-order valence-electron chi connectivity index (χ3n) is 5.75. The molecule has 2 heterocycles. The molecule has 2 aromatic rings. The summed E-state index contributed by atoms with van der Waals surface area (Å²) in [6, 6.07) is 8.47. The monoisotopic (exact) mass is 416 g/mol. The van der Waals surface area contributed by atoms with Crippen LogP contribution in [0.1, 0.15) is 37.5 Å². The van der Waals surface area contributed by atoms with Crippen LogP contribution in [0.3, 0.4) is 0 Å². The number of carbonyl (C=O) groups excluding carboxylic acids is 1. The lowest BCUT2D eigenvalue weighted by Gasteiger charge is -2.36. The van der Waals surface area contributed by atoms with Crippen LogP contribution in [-0.4, -0.2) is 70.1 Å². The predicted octanol–water partition coefficient (Wildman–Crippen LogP) is 2.38. The van der Waals surface area contributed by atoms with Crippen LogP contribution in [0.2, 0.25) is 0 Å². The van der Waals surface area contributed by atoms with Crippen LogP contribution in [0.15, 0.2) is 24.3 Å². The van der Waals surface area contributed by atoms with E-state index in [1.165, 1.54) is 12.8 Å². The number of anilines is 1. The second-order valence-electron chi connectivity index (χ2n) is 7.51. The number of nitrogens with zero attached hydrogens (tertiary/aromatic N) is 6. The van der Waals surface area contributed by atoms with E-state index in [2.05, 4.69) is 26.5 Å². The van der Waals surface area contributed by atoms with E-state index in [0.717, 1.165) is 56.3 Å². The van der Waals surface area contributed by atoms with E-state index in [4.69, 9.17) is 4.74 Å². The molecule has 2 aliphatic rings. The lowest BCUT2D eigenvalue weighted by atomic mass is 10.2. The van der Waals surface area contributed by atoms with Crippen LogP contribution in [-0.2, 0) is 10.5 Å². The largest absolute Gasteiger partial charge is 0.495 e. The first kappa shape index (κ1) is 20.0. The van der Waals surface area contributed by atoms with Gasteiger partial charge in [-0.2, -0.15) is 0 Å². The topological polar surface area (TPSA) is 76.4 Å². The molecule has 156 valence electrons. The Morgan fingerprint density at radius 2 is 1.93 bits per heavy atom. The quantitative estimate of drug-likeness (QED) is 0.686. The van der Waals surface area contributed by atoms with Gasteiger partial charge < -0.3 is 14.5 Å². The van der Waals surface area contributed by atoms with Crippen molar-refractivity contribution in [3.63, 3.8) is 0 Å². The molecule has 1 amide bonds. The maximum Gasteiger partial charge on any atom is 0.232 e. The lowest BCUT2D eigenvalue weighted by Crippen LogP contribution is -2.49. The van der Waals surface area contributed by atoms with Crippen molar-refractivity contribution in [2.75, 3.05) is 43.9 Å². The smallest absolute Gasteiger partial charge is 0.232 e. The molecule has 9 heteroatoms. The maximum absolute atomic E-state index is 12.6. The standard InChI is InChI=1S/C20H28N6O2S/c1-28-18-9-5-4-8-17(18)24-10-12-25(13-11-24)20(27)15-29-14-19-21-22-23-26(19)16-6-2-3-7-16/h4-5,8-9,16H,2-3,6-7,10-15H2,1H3. The number of tetrazole rings is 1. The number of piperazine rings is 1. The normalized spacial score (nSPS) is 17.7. The number of carbonyl (C=O) groups is 1. The van der Waals surface area contributed by atoms with E-state index >= 15 is 0 Å². The van der Waals surface area contributed by atoms with Crippen molar-refractivity contribution in [3.05, 3.63) is 30.1 Å². The molecule has 0 atom stereocenters. The van der Waals surface area contributed by atoms with E-state index in [1.807, 2.05) is 27.8 Å². The Balaban J connectivity index is 1.24. The van der Waals surface area contributed by atoms with Gasteiger partial charge in [-0.25, -0.2) is 4.68 Å². The van der Waals surface area contributed by atoms with Crippen LogP contribution >= 0.6 is 11.8 Å². The number of hydrogen-bond acceptors (Lipinski definition) is 7. The van der Waals surface area contributed by atoms with Crippen LogP contribution in [0.25, 0.3) is 0 Å². The zero-order valence-corrected chi connectivity index (χ0v) is 17.7. The highest BCUT2D eigenvalue weighted by Crippen LogP contribution is 2.30. The Kier molecular flexibility index (Phi) is 6.53. The molecule has 29 heavy (non-hydrogen) atoms. The minimum Gasteiger partial charge on any atom is -0.495 e. The Morgan fingerprint density at radius 1 is 1.17 bits per heavy atom. The Morgan fingerprint density at radius 3 is 2.69 bits per heavy atom. The van der Waals surface area contributed by atoms with E-state index in [1.54, 1.807) is 18.9 Å². The fourth-order valence-corrected chi connectivity index (χ4v) is 4.98. The number of para-hydroxylation sites is 2. The average molecular weight is 417 g/mol. The molecule has 1 aliphatic carbocycles. The van der Waals surface area contributed by atoms with Gasteiger partial charge in [-0.05, 0) is 35.4 Å². The molecule has 1 saturated carbocycles. The Bertz CT molecular complexity index is 815. The molecule has 0 unspecified atom stereocenters. The van der Waals surface area contributed by atoms with Crippen molar-refractivity contribution < 1.29 is 9.53 Å². The molecule has 0 bridgehead atoms. The van der Waals surface area contributed by atoms with Crippen molar-refractivity contribution in [2.24, 2.45) is 0 Å². The summed E-state index contributed by atoms with van der Waals surface area (Å²) in [5.74, 6) is 3.09. The van der Waals surface area contributed by atoms with Crippen molar-refractivity contribution in [2.45, 2.75) is 37.5 Å². The van der Waals surface area contributed by atoms with E-state index in [9.17, 15) is 4.79 Å². The summed E-state index contributed by atoms with van der Waals surface area (Å²) < 4.78 is 7.43. The molecule has 0 N–H and O–H groups in total. The zero-order chi connectivity index (χ0) is 20.1. The highest BCUT2D eigenvalue weighted by Gasteiger charge is 2.24. The molecule has 0 spiro atoms. The summed E-state index contributed by atoms with van der Waals surface area (Å²) in [6.07, 6.45) is 4.79. The Labute approximate surface area is 175 Å². The van der Waals surface area contributed by atoms with Gasteiger partial charge in [0.15, 0.2) is 5.82 Å². The van der Waals surface area contributed by atoms with E-state index in [-0.39, 0.29) is 5.91 Å². The zero-order valence-electron chi connectivity index (χ0n) is 16.9. The predicted molar refractivity (Wildman–Crippen MR) is 113 cm³/mol. The molecule has 8 nitrogen and oxygen atoms in total. The van der Waals surface area contributed by atoms with Gasteiger partial charge >= 0.3 is 0 Å². The van der Waals surface area contributed by atoms with E-state index < -0.39 is 0 Å². The van der Waals surface area contributed by atoms with Gasteiger partial charge in [0.2, 0.25) is 5.91 Å². The molecule has 4 rings (SSSR count). The SMILES string of the molecule is COc1ccccc1N1CCN(C(=O)CSCc2nnnn2C2CCCC2)CC1. The molecule has 2 fully saturated rings. The summed E-state index contributed by atoms with van der Waals surface area (Å²) >= 11 is 1.60. The third-order valence-corrected chi connectivity index (χ3v) is 6.66. The van der Waals surface area contributed by atoms with Crippen LogP contribution in [0.5, 0.6) is 5.75 Å². The van der Waals surface area contributed by atoms with Crippen LogP contribution in [0.4, 0.5) is 5.69 Å².